The van der Waals surface area contributed by atoms with E-state index < -0.39 is 0 Å². The molecule has 0 saturated carbocycles. The summed E-state index contributed by atoms with van der Waals surface area (Å²) in [4.78, 5) is 0. The summed E-state index contributed by atoms with van der Waals surface area (Å²) in [7, 11) is 0. The number of nitrogens with two attached hydrogens (primary N) is 4. The van der Waals surface area contributed by atoms with Gasteiger partial charge in [-0.3, -0.25) is 0 Å². The maximum Gasteiger partial charge on any atom is 0.154 e. The number of benzene rings is 3. The zero-order chi connectivity index (χ0) is 17.1. The van der Waals surface area contributed by atoms with E-state index in [0.717, 1.165) is 0 Å². The Labute approximate surface area is 139 Å². The first-order valence-electron chi connectivity index (χ1n) is 7.27. The summed E-state index contributed by atoms with van der Waals surface area (Å²) in [6.07, 6.45) is 0. The van der Waals surface area contributed by atoms with Gasteiger partial charge in [-0.15, -0.1) is 0 Å². The molecule has 0 saturated heterocycles. The van der Waals surface area contributed by atoms with Crippen LogP contribution in [0.1, 0.15) is 0 Å². The van der Waals surface area contributed by atoms with Gasteiger partial charge in [-0.05, 0) is 30.3 Å². The number of nitrogen functional groups attached to an aromatic ring is 4. The first-order valence-corrected chi connectivity index (χ1v) is 7.27. The van der Waals surface area contributed by atoms with Crippen LogP contribution in [0.25, 0.3) is 0 Å². The van der Waals surface area contributed by atoms with E-state index >= 15 is 0 Å². The Kier molecular flexibility index (Phi) is 4.03. The van der Waals surface area contributed by atoms with Crippen LogP contribution in [0.15, 0.2) is 60.7 Å². The van der Waals surface area contributed by atoms with Crippen LogP contribution in [0.4, 0.5) is 22.7 Å². The summed E-state index contributed by atoms with van der Waals surface area (Å²) in [5.74, 6) is 1.99. The lowest BCUT2D eigenvalue weighted by Crippen LogP contribution is -1.98. The molecule has 0 aliphatic rings. The van der Waals surface area contributed by atoms with Crippen molar-refractivity contribution in [1.82, 2.24) is 0 Å². The second-order valence-corrected chi connectivity index (χ2v) is 5.28. The zero-order valence-electron chi connectivity index (χ0n) is 12.9. The SMILES string of the molecule is Nc1cccc(Oc2cc(Oc3cccc(N)c3)c(N)cc2N)c1. The first-order chi connectivity index (χ1) is 11.5. The molecule has 0 radical (unpaired) electrons. The largest absolute Gasteiger partial charge is 0.455 e. The highest BCUT2D eigenvalue weighted by atomic mass is 16.5. The van der Waals surface area contributed by atoms with Crippen LogP contribution in [0.5, 0.6) is 23.0 Å². The van der Waals surface area contributed by atoms with E-state index in [9.17, 15) is 0 Å². The fraction of sp³-hybridized carbons (Fsp3) is 0. The Bertz CT molecular complexity index is 812. The predicted molar refractivity (Wildman–Crippen MR) is 97.1 cm³/mol. The van der Waals surface area contributed by atoms with Gasteiger partial charge in [0.05, 0.1) is 11.4 Å². The molecule has 0 aliphatic carbocycles. The van der Waals surface area contributed by atoms with E-state index in [-0.39, 0.29) is 0 Å². The molecule has 3 aromatic rings. The Balaban J connectivity index is 1.91. The van der Waals surface area contributed by atoms with Crippen LogP contribution in [0.3, 0.4) is 0 Å². The smallest absolute Gasteiger partial charge is 0.154 e. The molecule has 0 atom stereocenters. The third-order valence-corrected chi connectivity index (χ3v) is 3.31. The van der Waals surface area contributed by atoms with Crippen LogP contribution < -0.4 is 32.4 Å². The average Bonchev–Trinajstić information content (AvgIpc) is 2.52. The van der Waals surface area contributed by atoms with Gasteiger partial charge in [0.2, 0.25) is 0 Å². The molecule has 0 aromatic heterocycles. The van der Waals surface area contributed by atoms with Gasteiger partial charge in [0.25, 0.3) is 0 Å². The van der Waals surface area contributed by atoms with Crippen molar-refractivity contribution >= 4 is 22.7 Å². The van der Waals surface area contributed by atoms with E-state index in [1.54, 1.807) is 60.7 Å². The van der Waals surface area contributed by atoms with Crippen molar-refractivity contribution in [2.75, 3.05) is 22.9 Å². The van der Waals surface area contributed by atoms with Crippen LogP contribution in [0.2, 0.25) is 0 Å². The van der Waals surface area contributed by atoms with Gasteiger partial charge in [-0.2, -0.15) is 0 Å². The summed E-state index contributed by atoms with van der Waals surface area (Å²) in [6, 6.07) is 17.3. The van der Waals surface area contributed by atoms with Gasteiger partial charge in [0, 0.05) is 29.6 Å². The topological polar surface area (TPSA) is 123 Å². The summed E-state index contributed by atoms with van der Waals surface area (Å²) in [6.45, 7) is 0. The average molecular weight is 322 g/mol. The standard InChI is InChI=1S/C18H18N4O2/c19-11-3-1-5-13(7-11)23-17-10-18(16(22)9-15(17)21)24-14-6-2-4-12(20)8-14/h1-10H,19-22H2. The predicted octanol–water partition coefficient (Wildman–Crippen LogP) is 3.60. The molecule has 0 spiro atoms. The molecular formula is C18H18N4O2. The second-order valence-electron chi connectivity index (χ2n) is 5.28. The molecule has 3 rings (SSSR count). The second kappa shape index (κ2) is 6.29. The third kappa shape index (κ3) is 3.44. The van der Waals surface area contributed by atoms with Crippen LogP contribution in [-0.4, -0.2) is 0 Å². The maximum atomic E-state index is 5.98. The summed E-state index contributed by atoms with van der Waals surface area (Å²) in [5.41, 5.74) is 25.5. The molecule has 6 heteroatoms. The lowest BCUT2D eigenvalue weighted by molar-refractivity contribution is 0.463. The summed E-state index contributed by atoms with van der Waals surface area (Å²) in [5, 5.41) is 0. The minimum atomic E-state index is 0.398. The van der Waals surface area contributed by atoms with Crippen molar-refractivity contribution in [2.45, 2.75) is 0 Å². The summed E-state index contributed by atoms with van der Waals surface area (Å²) < 4.78 is 11.6. The van der Waals surface area contributed by atoms with Crippen molar-refractivity contribution in [1.29, 1.82) is 0 Å². The fourth-order valence-electron chi connectivity index (χ4n) is 2.18. The lowest BCUT2D eigenvalue weighted by atomic mass is 10.2. The number of ether oxygens (including phenoxy) is 2. The van der Waals surface area contributed by atoms with Crippen molar-refractivity contribution in [3.63, 3.8) is 0 Å². The number of anilines is 4. The highest BCUT2D eigenvalue weighted by Crippen LogP contribution is 2.38. The quantitative estimate of drug-likeness (QED) is 0.544. The molecule has 0 unspecified atom stereocenters. The molecule has 0 heterocycles. The van der Waals surface area contributed by atoms with Crippen molar-refractivity contribution in [2.24, 2.45) is 0 Å². The minimum Gasteiger partial charge on any atom is -0.455 e. The van der Waals surface area contributed by atoms with Gasteiger partial charge >= 0.3 is 0 Å². The maximum absolute atomic E-state index is 5.98. The van der Waals surface area contributed by atoms with Gasteiger partial charge in [0.1, 0.15) is 11.5 Å². The van der Waals surface area contributed by atoms with Crippen LogP contribution in [-0.2, 0) is 0 Å². The van der Waals surface area contributed by atoms with Crippen LogP contribution in [0, 0.1) is 0 Å². The molecule has 8 N–H and O–H groups in total. The van der Waals surface area contributed by atoms with Crippen molar-refractivity contribution in [3.05, 3.63) is 60.7 Å². The highest BCUT2D eigenvalue weighted by molar-refractivity contribution is 5.69. The Hall–Kier alpha value is -3.54. The van der Waals surface area contributed by atoms with Gasteiger partial charge in [-0.1, -0.05) is 12.1 Å². The zero-order valence-corrected chi connectivity index (χ0v) is 12.9. The van der Waals surface area contributed by atoms with E-state index in [1.807, 2.05) is 0 Å². The molecule has 0 aliphatic heterocycles. The molecular weight excluding hydrogens is 304 g/mol. The number of rotatable bonds is 4. The van der Waals surface area contributed by atoms with E-state index in [4.69, 9.17) is 32.4 Å². The monoisotopic (exact) mass is 322 g/mol. The Morgan fingerprint density at radius 3 is 1.42 bits per heavy atom. The van der Waals surface area contributed by atoms with Crippen molar-refractivity contribution in [3.8, 4) is 23.0 Å². The Morgan fingerprint density at radius 2 is 1.00 bits per heavy atom. The molecule has 24 heavy (non-hydrogen) atoms. The number of hydrogen-bond acceptors (Lipinski definition) is 6. The molecule has 122 valence electrons. The molecule has 0 amide bonds. The third-order valence-electron chi connectivity index (χ3n) is 3.31. The first kappa shape index (κ1) is 15.4. The number of hydrogen-bond donors (Lipinski definition) is 4. The van der Waals surface area contributed by atoms with E-state index in [1.165, 1.54) is 0 Å². The van der Waals surface area contributed by atoms with Gasteiger partial charge in [-0.25, -0.2) is 0 Å². The molecule has 6 nitrogen and oxygen atoms in total. The summed E-state index contributed by atoms with van der Waals surface area (Å²) >= 11 is 0. The van der Waals surface area contributed by atoms with E-state index in [0.29, 0.717) is 45.7 Å². The van der Waals surface area contributed by atoms with E-state index in [2.05, 4.69) is 0 Å². The minimum absolute atomic E-state index is 0.398. The molecule has 0 fully saturated rings. The Morgan fingerprint density at radius 1 is 0.542 bits per heavy atom. The molecule has 0 bridgehead atoms. The normalized spacial score (nSPS) is 10.3. The van der Waals surface area contributed by atoms with Gasteiger partial charge in [0.15, 0.2) is 11.5 Å². The highest BCUT2D eigenvalue weighted by Gasteiger charge is 2.10. The van der Waals surface area contributed by atoms with Gasteiger partial charge < -0.3 is 32.4 Å². The fourth-order valence-corrected chi connectivity index (χ4v) is 2.18. The molecule has 3 aromatic carbocycles. The van der Waals surface area contributed by atoms with Crippen LogP contribution >= 0.6 is 0 Å². The van der Waals surface area contributed by atoms with Crippen molar-refractivity contribution < 1.29 is 9.47 Å². The lowest BCUT2D eigenvalue weighted by Gasteiger charge is -2.14.